The van der Waals surface area contributed by atoms with Gasteiger partial charge in [0.05, 0.1) is 6.10 Å². The van der Waals surface area contributed by atoms with Crippen LogP contribution in [0.1, 0.15) is 18.4 Å². The monoisotopic (exact) mass is 246 g/mol. The van der Waals surface area contributed by atoms with Gasteiger partial charge in [-0.3, -0.25) is 0 Å². The van der Waals surface area contributed by atoms with E-state index in [0.29, 0.717) is 5.92 Å². The average molecular weight is 246 g/mol. The highest BCUT2D eigenvalue weighted by Crippen LogP contribution is 2.26. The Morgan fingerprint density at radius 2 is 2.17 bits per heavy atom. The van der Waals surface area contributed by atoms with E-state index in [0.717, 1.165) is 37.2 Å². The lowest BCUT2D eigenvalue weighted by atomic mass is 9.82. The van der Waals surface area contributed by atoms with Crippen LogP contribution in [0, 0.1) is 17.2 Å². The fraction of sp³-hybridized carbons (Fsp3) is 0.500. The summed E-state index contributed by atoms with van der Waals surface area (Å²) in [6.07, 6.45) is 1.71. The van der Waals surface area contributed by atoms with E-state index in [1.165, 1.54) is 0 Å². The molecule has 0 saturated heterocycles. The maximum absolute atomic E-state index is 9.20. The van der Waals surface area contributed by atoms with Crippen LogP contribution < -0.4 is 10.1 Å². The Bertz CT molecular complexity index is 422. The predicted molar refractivity (Wildman–Crippen MR) is 68.0 cm³/mol. The molecular formula is C14H18N2O2. The van der Waals surface area contributed by atoms with E-state index >= 15 is 0 Å². The van der Waals surface area contributed by atoms with Crippen molar-refractivity contribution in [3.8, 4) is 11.8 Å². The number of hydrogen-bond donors (Lipinski definition) is 2. The van der Waals surface area contributed by atoms with Crippen molar-refractivity contribution in [2.45, 2.75) is 25.5 Å². The maximum atomic E-state index is 9.20. The number of aliphatic hydroxyl groups is 1. The minimum Gasteiger partial charge on any atom is -0.478 e. The van der Waals surface area contributed by atoms with Crippen molar-refractivity contribution < 1.29 is 9.84 Å². The Balaban J connectivity index is 1.79. The molecule has 1 saturated carbocycles. The van der Waals surface area contributed by atoms with Gasteiger partial charge in [-0.1, -0.05) is 18.2 Å². The maximum Gasteiger partial charge on any atom is 0.174 e. The second-order valence-corrected chi connectivity index (χ2v) is 4.68. The number of nitrogens with one attached hydrogen (secondary N) is 1. The molecule has 1 fully saturated rings. The minimum absolute atomic E-state index is 0.0752. The third kappa shape index (κ3) is 3.46. The summed E-state index contributed by atoms with van der Waals surface area (Å²) in [5, 5.41) is 21.1. The molecule has 96 valence electrons. The summed E-state index contributed by atoms with van der Waals surface area (Å²) in [6.45, 7) is 1.73. The zero-order chi connectivity index (χ0) is 12.8. The molecule has 2 N–H and O–H groups in total. The van der Waals surface area contributed by atoms with E-state index in [4.69, 9.17) is 10.00 Å². The quantitative estimate of drug-likeness (QED) is 0.797. The summed E-state index contributed by atoms with van der Waals surface area (Å²) >= 11 is 0. The molecule has 1 aromatic carbocycles. The molecule has 0 amide bonds. The van der Waals surface area contributed by atoms with Gasteiger partial charge in [0.2, 0.25) is 0 Å². The molecule has 18 heavy (non-hydrogen) atoms. The van der Waals surface area contributed by atoms with Crippen molar-refractivity contribution in [2.24, 2.45) is 5.92 Å². The van der Waals surface area contributed by atoms with Crippen LogP contribution in [0.4, 0.5) is 0 Å². The van der Waals surface area contributed by atoms with E-state index < -0.39 is 0 Å². The highest BCUT2D eigenvalue weighted by atomic mass is 16.5. The Labute approximate surface area is 107 Å². The second kappa shape index (κ2) is 6.39. The Morgan fingerprint density at radius 1 is 1.39 bits per heavy atom. The topological polar surface area (TPSA) is 65.3 Å². The third-order valence-corrected chi connectivity index (χ3v) is 3.22. The molecule has 4 heteroatoms. The van der Waals surface area contributed by atoms with Crippen molar-refractivity contribution in [1.82, 2.24) is 5.32 Å². The van der Waals surface area contributed by atoms with Crippen molar-refractivity contribution in [3.63, 3.8) is 0 Å². The second-order valence-electron chi connectivity index (χ2n) is 4.68. The minimum atomic E-state index is -0.0944. The first-order valence-electron chi connectivity index (χ1n) is 6.26. The normalized spacial score (nSPS) is 22.0. The van der Waals surface area contributed by atoms with E-state index in [-0.39, 0.29) is 12.7 Å². The Kier molecular flexibility index (Phi) is 4.57. The summed E-state index contributed by atoms with van der Waals surface area (Å²) < 4.78 is 5.36. The molecule has 2 rings (SSSR count). The fourth-order valence-electron chi connectivity index (χ4n) is 2.18. The molecule has 0 bridgehead atoms. The first-order valence-corrected chi connectivity index (χ1v) is 6.26. The van der Waals surface area contributed by atoms with E-state index in [1.54, 1.807) is 0 Å². The first-order chi connectivity index (χ1) is 8.79. The molecule has 0 aromatic heterocycles. The van der Waals surface area contributed by atoms with Gasteiger partial charge in [-0.05, 0) is 31.4 Å². The van der Waals surface area contributed by atoms with Gasteiger partial charge in [0.25, 0.3) is 0 Å². The van der Waals surface area contributed by atoms with Crippen LogP contribution in [0.15, 0.2) is 24.3 Å². The molecule has 0 atom stereocenters. The SMILES string of the molecule is N#CCOc1ccccc1CNCC1CC(O)C1. The van der Waals surface area contributed by atoms with Crippen LogP contribution in [0.25, 0.3) is 0 Å². The molecule has 0 spiro atoms. The number of aliphatic hydroxyl groups excluding tert-OH is 1. The van der Waals surface area contributed by atoms with Gasteiger partial charge in [0, 0.05) is 12.1 Å². The number of hydrogen-bond acceptors (Lipinski definition) is 4. The van der Waals surface area contributed by atoms with Crippen LogP contribution in [0.3, 0.4) is 0 Å². The summed E-state index contributed by atoms with van der Waals surface area (Å²) in [5.74, 6) is 1.35. The highest BCUT2D eigenvalue weighted by Gasteiger charge is 2.26. The standard InChI is InChI=1S/C14H18N2O2/c15-5-6-18-14-4-2-1-3-12(14)10-16-9-11-7-13(17)8-11/h1-4,11,13,16-17H,6-10H2. The zero-order valence-electron chi connectivity index (χ0n) is 10.3. The van der Waals surface area contributed by atoms with Gasteiger partial charge in [-0.25, -0.2) is 0 Å². The summed E-state index contributed by atoms with van der Waals surface area (Å²) in [7, 11) is 0. The summed E-state index contributed by atoms with van der Waals surface area (Å²) in [4.78, 5) is 0. The molecule has 1 aromatic rings. The molecule has 4 nitrogen and oxygen atoms in total. The van der Waals surface area contributed by atoms with Gasteiger partial charge >= 0.3 is 0 Å². The predicted octanol–water partition coefficient (Wildman–Crippen LogP) is 1.45. The van der Waals surface area contributed by atoms with Crippen LogP contribution in [0.5, 0.6) is 5.75 Å². The number of para-hydroxylation sites is 1. The lowest BCUT2D eigenvalue weighted by Crippen LogP contribution is -2.35. The van der Waals surface area contributed by atoms with Crippen LogP contribution in [-0.4, -0.2) is 24.4 Å². The molecule has 0 heterocycles. The lowest BCUT2D eigenvalue weighted by Gasteiger charge is -2.31. The van der Waals surface area contributed by atoms with Crippen LogP contribution >= 0.6 is 0 Å². The summed E-state index contributed by atoms with van der Waals surface area (Å²) in [6, 6.07) is 9.71. The van der Waals surface area contributed by atoms with E-state index in [9.17, 15) is 5.11 Å². The van der Waals surface area contributed by atoms with Crippen LogP contribution in [0.2, 0.25) is 0 Å². The molecular weight excluding hydrogens is 228 g/mol. The number of ether oxygens (including phenoxy) is 1. The van der Waals surface area contributed by atoms with Gasteiger partial charge in [-0.2, -0.15) is 5.26 Å². The first kappa shape index (κ1) is 12.9. The fourth-order valence-corrected chi connectivity index (χ4v) is 2.18. The molecule has 0 aliphatic heterocycles. The van der Waals surface area contributed by atoms with E-state index in [2.05, 4.69) is 5.32 Å². The molecule has 0 radical (unpaired) electrons. The Morgan fingerprint density at radius 3 is 2.89 bits per heavy atom. The van der Waals surface area contributed by atoms with Gasteiger partial charge in [-0.15, -0.1) is 0 Å². The van der Waals surface area contributed by atoms with Crippen molar-refractivity contribution in [3.05, 3.63) is 29.8 Å². The van der Waals surface area contributed by atoms with Gasteiger partial charge in [0.15, 0.2) is 6.61 Å². The van der Waals surface area contributed by atoms with E-state index in [1.807, 2.05) is 30.3 Å². The van der Waals surface area contributed by atoms with Crippen molar-refractivity contribution in [2.75, 3.05) is 13.2 Å². The number of benzene rings is 1. The molecule has 0 unspecified atom stereocenters. The van der Waals surface area contributed by atoms with Crippen molar-refractivity contribution >= 4 is 0 Å². The van der Waals surface area contributed by atoms with Gasteiger partial charge in [0.1, 0.15) is 11.8 Å². The van der Waals surface area contributed by atoms with Crippen molar-refractivity contribution in [1.29, 1.82) is 5.26 Å². The summed E-state index contributed by atoms with van der Waals surface area (Å²) in [5.41, 5.74) is 1.06. The average Bonchev–Trinajstić information content (AvgIpc) is 2.35. The number of nitrogens with zero attached hydrogens (tertiary/aromatic N) is 1. The zero-order valence-corrected chi connectivity index (χ0v) is 10.3. The Hall–Kier alpha value is -1.57. The van der Waals surface area contributed by atoms with Crippen LogP contribution in [-0.2, 0) is 6.54 Å². The highest BCUT2D eigenvalue weighted by molar-refractivity contribution is 5.33. The third-order valence-electron chi connectivity index (χ3n) is 3.22. The molecule has 1 aliphatic rings. The van der Waals surface area contributed by atoms with Gasteiger partial charge < -0.3 is 15.2 Å². The largest absolute Gasteiger partial charge is 0.478 e. The smallest absolute Gasteiger partial charge is 0.174 e. The molecule has 1 aliphatic carbocycles. The number of nitriles is 1. The lowest BCUT2D eigenvalue weighted by molar-refractivity contribution is 0.0429. The number of rotatable bonds is 6.